The quantitative estimate of drug-likeness (QED) is 0.340. The van der Waals surface area contributed by atoms with Gasteiger partial charge in [0.15, 0.2) is 5.69 Å². The first-order chi connectivity index (χ1) is 13.4. The number of aryl methyl sites for hydroxylation is 1. The first kappa shape index (κ1) is 21.8. The number of hydrogen-bond acceptors (Lipinski definition) is 7. The van der Waals surface area contributed by atoms with Gasteiger partial charge in [-0.05, 0) is 38.5 Å². The van der Waals surface area contributed by atoms with Crippen molar-refractivity contribution in [1.82, 2.24) is 15.0 Å². The highest BCUT2D eigenvalue weighted by Gasteiger charge is 2.28. The summed E-state index contributed by atoms with van der Waals surface area (Å²) in [4.78, 5) is 24.3. The standard InChI is InChI=1S/C19H27N3O5Si/c1-5-25-18(23)16-17(19(24)26-6-2)22(21-20-16)13-10-14-27-28(3,4)15-11-8-7-9-12-15/h7-9,11-12H,5-6,10,13-14H2,1-4H3. The Morgan fingerprint density at radius 1 is 1.04 bits per heavy atom. The van der Waals surface area contributed by atoms with E-state index < -0.39 is 20.3 Å². The Labute approximate surface area is 165 Å². The van der Waals surface area contributed by atoms with Crippen molar-refractivity contribution in [3.05, 3.63) is 41.7 Å². The maximum absolute atomic E-state index is 12.3. The molecule has 152 valence electrons. The van der Waals surface area contributed by atoms with E-state index in [0.717, 1.165) is 0 Å². The highest BCUT2D eigenvalue weighted by Crippen LogP contribution is 2.11. The number of esters is 2. The Bertz CT molecular complexity index is 792. The molecular weight excluding hydrogens is 378 g/mol. The zero-order valence-electron chi connectivity index (χ0n) is 16.8. The molecule has 0 unspecified atom stereocenters. The summed E-state index contributed by atoms with van der Waals surface area (Å²) in [5.41, 5.74) is -0.111. The van der Waals surface area contributed by atoms with Crippen molar-refractivity contribution in [2.45, 2.75) is 39.9 Å². The van der Waals surface area contributed by atoms with E-state index in [2.05, 4.69) is 35.5 Å². The molecule has 0 spiro atoms. The topological polar surface area (TPSA) is 92.5 Å². The number of ether oxygens (including phenoxy) is 2. The Kier molecular flexibility index (Phi) is 7.88. The molecule has 0 radical (unpaired) electrons. The van der Waals surface area contributed by atoms with Crippen molar-refractivity contribution < 1.29 is 23.5 Å². The van der Waals surface area contributed by atoms with Crippen molar-refractivity contribution in [2.24, 2.45) is 0 Å². The fraction of sp³-hybridized carbons (Fsp3) is 0.474. The second kappa shape index (κ2) is 10.1. The zero-order chi connectivity index (χ0) is 20.6. The SMILES string of the molecule is CCOC(=O)c1nnn(CCCO[Si](C)(C)c2ccccc2)c1C(=O)OCC. The van der Waals surface area contributed by atoms with Gasteiger partial charge in [0.1, 0.15) is 0 Å². The van der Waals surface area contributed by atoms with E-state index in [4.69, 9.17) is 13.9 Å². The van der Waals surface area contributed by atoms with E-state index >= 15 is 0 Å². The average molecular weight is 406 g/mol. The van der Waals surface area contributed by atoms with Gasteiger partial charge in [-0.25, -0.2) is 14.3 Å². The molecule has 0 saturated heterocycles. The maximum atomic E-state index is 12.3. The Balaban J connectivity index is 2.03. The van der Waals surface area contributed by atoms with Crippen molar-refractivity contribution in [1.29, 1.82) is 0 Å². The van der Waals surface area contributed by atoms with E-state index in [1.54, 1.807) is 13.8 Å². The number of nitrogens with zero attached hydrogens (tertiary/aromatic N) is 3. The number of carbonyl (C=O) groups is 2. The van der Waals surface area contributed by atoms with Gasteiger partial charge >= 0.3 is 11.9 Å². The zero-order valence-corrected chi connectivity index (χ0v) is 17.8. The van der Waals surface area contributed by atoms with Crippen LogP contribution in [0.25, 0.3) is 0 Å². The molecule has 1 heterocycles. The molecule has 1 aromatic carbocycles. The lowest BCUT2D eigenvalue weighted by Gasteiger charge is -2.23. The van der Waals surface area contributed by atoms with Crippen molar-refractivity contribution in [3.63, 3.8) is 0 Å². The summed E-state index contributed by atoms with van der Waals surface area (Å²) in [6, 6.07) is 10.1. The molecule has 0 amide bonds. The highest BCUT2D eigenvalue weighted by molar-refractivity contribution is 6.84. The van der Waals surface area contributed by atoms with Crippen LogP contribution < -0.4 is 5.19 Å². The lowest BCUT2D eigenvalue weighted by Crippen LogP contribution is -2.44. The molecule has 0 aliphatic rings. The van der Waals surface area contributed by atoms with Crippen LogP contribution in [0.1, 0.15) is 41.2 Å². The molecule has 28 heavy (non-hydrogen) atoms. The Morgan fingerprint density at radius 3 is 2.32 bits per heavy atom. The fourth-order valence-corrected chi connectivity index (χ4v) is 4.49. The number of aromatic nitrogens is 3. The second-order valence-corrected chi connectivity index (χ2v) is 10.4. The number of rotatable bonds is 10. The summed E-state index contributed by atoms with van der Waals surface area (Å²) in [6.45, 7) is 8.90. The molecule has 1 aromatic heterocycles. The van der Waals surface area contributed by atoms with Crippen molar-refractivity contribution >= 4 is 25.4 Å². The summed E-state index contributed by atoms with van der Waals surface area (Å²) >= 11 is 0. The predicted octanol–water partition coefficient (Wildman–Crippen LogP) is 2.15. The van der Waals surface area contributed by atoms with Crippen LogP contribution in [0.3, 0.4) is 0 Å². The maximum Gasteiger partial charge on any atom is 0.361 e. The first-order valence-corrected chi connectivity index (χ1v) is 12.3. The highest BCUT2D eigenvalue weighted by atomic mass is 28.4. The summed E-state index contributed by atoms with van der Waals surface area (Å²) < 4.78 is 17.5. The minimum Gasteiger partial charge on any atom is -0.461 e. The second-order valence-electron chi connectivity index (χ2n) is 6.53. The third kappa shape index (κ3) is 5.49. The minimum atomic E-state index is -2.00. The predicted molar refractivity (Wildman–Crippen MR) is 106 cm³/mol. The normalized spacial score (nSPS) is 11.3. The molecule has 0 atom stereocenters. The van der Waals surface area contributed by atoms with Crippen LogP contribution in [-0.4, -0.2) is 55.1 Å². The molecular formula is C19H27N3O5Si. The van der Waals surface area contributed by atoms with Crippen molar-refractivity contribution in [2.75, 3.05) is 19.8 Å². The number of benzene rings is 1. The molecule has 0 saturated carbocycles. The Morgan fingerprint density at radius 2 is 1.68 bits per heavy atom. The van der Waals surface area contributed by atoms with Crippen LogP contribution >= 0.6 is 0 Å². The van der Waals surface area contributed by atoms with E-state index in [1.165, 1.54) is 9.87 Å². The summed E-state index contributed by atoms with van der Waals surface area (Å²) in [6.07, 6.45) is 0.612. The van der Waals surface area contributed by atoms with Crippen LogP contribution in [0, 0.1) is 0 Å². The largest absolute Gasteiger partial charge is 0.461 e. The molecule has 2 rings (SSSR count). The molecule has 0 fully saturated rings. The van der Waals surface area contributed by atoms with Crippen LogP contribution in [0.5, 0.6) is 0 Å². The minimum absolute atomic E-state index is 0.0138. The fourth-order valence-electron chi connectivity index (χ4n) is 2.67. The molecule has 0 N–H and O–H groups in total. The third-order valence-corrected chi connectivity index (χ3v) is 6.77. The molecule has 0 aliphatic heterocycles. The molecule has 0 aliphatic carbocycles. The third-order valence-electron chi connectivity index (χ3n) is 4.12. The van der Waals surface area contributed by atoms with E-state index in [0.29, 0.717) is 19.6 Å². The smallest absolute Gasteiger partial charge is 0.361 e. The van der Waals surface area contributed by atoms with Crippen LogP contribution in [0.15, 0.2) is 30.3 Å². The lowest BCUT2D eigenvalue weighted by atomic mass is 10.3. The first-order valence-electron chi connectivity index (χ1n) is 9.37. The Hall–Kier alpha value is -2.52. The lowest BCUT2D eigenvalue weighted by molar-refractivity contribution is 0.0466. The number of carbonyl (C=O) groups excluding carboxylic acids is 2. The van der Waals surface area contributed by atoms with E-state index in [-0.39, 0.29) is 24.6 Å². The molecule has 2 aromatic rings. The molecule has 9 heteroatoms. The van der Waals surface area contributed by atoms with Crippen LogP contribution in [0.4, 0.5) is 0 Å². The van der Waals surface area contributed by atoms with Gasteiger partial charge < -0.3 is 13.9 Å². The van der Waals surface area contributed by atoms with Gasteiger partial charge in [-0.2, -0.15) is 0 Å². The summed E-state index contributed by atoms with van der Waals surface area (Å²) in [5, 5.41) is 8.97. The van der Waals surface area contributed by atoms with Crippen LogP contribution in [0.2, 0.25) is 13.1 Å². The van der Waals surface area contributed by atoms with Gasteiger partial charge in [-0.3, -0.25) is 0 Å². The van der Waals surface area contributed by atoms with Gasteiger partial charge in [-0.1, -0.05) is 35.5 Å². The monoisotopic (exact) mass is 405 g/mol. The summed E-state index contributed by atoms with van der Waals surface area (Å²) in [5.74, 6) is -1.33. The van der Waals surface area contributed by atoms with E-state index in [9.17, 15) is 9.59 Å². The van der Waals surface area contributed by atoms with Crippen LogP contribution in [-0.2, 0) is 20.4 Å². The van der Waals surface area contributed by atoms with Gasteiger partial charge in [0, 0.05) is 13.2 Å². The van der Waals surface area contributed by atoms with Gasteiger partial charge in [-0.15, -0.1) is 5.10 Å². The molecule has 8 nitrogen and oxygen atoms in total. The number of hydrogen-bond donors (Lipinski definition) is 0. The molecule has 0 bridgehead atoms. The van der Waals surface area contributed by atoms with Gasteiger partial charge in [0.2, 0.25) is 14.0 Å². The van der Waals surface area contributed by atoms with Gasteiger partial charge in [0.25, 0.3) is 0 Å². The average Bonchev–Trinajstić information content (AvgIpc) is 3.10. The van der Waals surface area contributed by atoms with Crippen molar-refractivity contribution in [3.8, 4) is 0 Å². The van der Waals surface area contributed by atoms with Gasteiger partial charge in [0.05, 0.1) is 13.2 Å². The van der Waals surface area contributed by atoms with E-state index in [1.807, 2.05) is 18.2 Å². The summed E-state index contributed by atoms with van der Waals surface area (Å²) in [7, 11) is -2.00.